The van der Waals surface area contributed by atoms with Crippen molar-refractivity contribution in [3.63, 3.8) is 0 Å². The quantitative estimate of drug-likeness (QED) is 0.878. The van der Waals surface area contributed by atoms with E-state index in [1.807, 2.05) is 19.1 Å². The molecule has 15 heavy (non-hydrogen) atoms. The fraction of sp³-hybridized carbons (Fsp3) is 0.111. The zero-order valence-electron chi connectivity index (χ0n) is 7.77. The Labute approximate surface area is 100 Å². The van der Waals surface area contributed by atoms with Crippen LogP contribution in [0.4, 0.5) is 0 Å². The molecule has 2 aromatic rings. The molecule has 80 valence electrons. The maximum atomic E-state index is 10.8. The number of carboxylic acids is 1. The average molecular weight is 292 g/mol. The molecule has 0 fully saturated rings. The van der Waals surface area contributed by atoms with Crippen LogP contribution in [0.1, 0.15) is 16.2 Å². The molecule has 4 nitrogen and oxygen atoms in total. The number of carbonyl (C=O) groups is 1. The second-order valence-electron chi connectivity index (χ2n) is 2.92. The Morgan fingerprint density at radius 1 is 1.53 bits per heavy atom. The Bertz CT molecular complexity index is 524. The first-order valence-electron chi connectivity index (χ1n) is 3.98. The fourth-order valence-corrected chi connectivity index (χ4v) is 2.07. The van der Waals surface area contributed by atoms with Crippen LogP contribution >= 0.6 is 28.3 Å². The Hall–Kier alpha value is -1.07. The van der Waals surface area contributed by atoms with Gasteiger partial charge in [0, 0.05) is 5.69 Å². The van der Waals surface area contributed by atoms with Crippen LogP contribution in [-0.2, 0) is 0 Å². The van der Waals surface area contributed by atoms with Crippen LogP contribution in [0.3, 0.4) is 0 Å². The van der Waals surface area contributed by atoms with Crippen LogP contribution in [0.5, 0.6) is 0 Å². The van der Waals surface area contributed by atoms with E-state index in [2.05, 4.69) is 20.9 Å². The van der Waals surface area contributed by atoms with Gasteiger partial charge in [-0.05, 0) is 35.0 Å². The minimum atomic E-state index is -1.03. The van der Waals surface area contributed by atoms with Gasteiger partial charge in [0.2, 0.25) is 0 Å². The van der Waals surface area contributed by atoms with Crippen LogP contribution in [0, 0.1) is 6.92 Å². The van der Waals surface area contributed by atoms with Crippen molar-refractivity contribution in [2.45, 2.75) is 6.92 Å². The Morgan fingerprint density at radius 3 is 2.73 bits per heavy atom. The molecule has 0 unspecified atom stereocenters. The molecule has 0 saturated heterocycles. The van der Waals surface area contributed by atoms with Crippen LogP contribution < -0.4 is 0 Å². The van der Waals surface area contributed by atoms with Gasteiger partial charge in [0.1, 0.15) is 10.3 Å². The van der Waals surface area contributed by atoms with Gasteiger partial charge in [-0.1, -0.05) is 6.07 Å². The van der Waals surface area contributed by atoms with Gasteiger partial charge in [-0.25, -0.2) is 9.78 Å². The minimum Gasteiger partial charge on any atom is -0.476 e. The van der Waals surface area contributed by atoms with Gasteiger partial charge in [0.25, 0.3) is 0 Å². The topological polar surface area (TPSA) is 54.6 Å². The van der Waals surface area contributed by atoms with Gasteiger partial charge in [0.15, 0.2) is 5.69 Å². The van der Waals surface area contributed by atoms with Gasteiger partial charge in [-0.15, -0.1) is 12.4 Å². The first-order valence-corrected chi connectivity index (χ1v) is 4.77. The molecule has 0 radical (unpaired) electrons. The van der Waals surface area contributed by atoms with E-state index in [0.29, 0.717) is 10.3 Å². The summed E-state index contributed by atoms with van der Waals surface area (Å²) in [4.78, 5) is 14.8. The lowest BCUT2D eigenvalue weighted by Gasteiger charge is -1.98. The summed E-state index contributed by atoms with van der Waals surface area (Å²) in [6.07, 6.45) is 0. The lowest BCUT2D eigenvalue weighted by atomic mass is 10.4. The van der Waals surface area contributed by atoms with Crippen molar-refractivity contribution >= 4 is 40.0 Å². The first-order chi connectivity index (χ1) is 6.61. The van der Waals surface area contributed by atoms with Crippen LogP contribution in [0.25, 0.3) is 5.65 Å². The number of aromatic carboxylic acids is 1. The summed E-state index contributed by atoms with van der Waals surface area (Å²) < 4.78 is 2.24. The second kappa shape index (κ2) is 4.20. The summed E-state index contributed by atoms with van der Waals surface area (Å²) in [5, 5.41) is 8.85. The highest BCUT2D eigenvalue weighted by Crippen LogP contribution is 2.20. The third kappa shape index (κ3) is 1.85. The molecule has 1 N–H and O–H groups in total. The third-order valence-corrected chi connectivity index (χ3v) is 2.72. The maximum Gasteiger partial charge on any atom is 0.357 e. The predicted molar refractivity (Wildman–Crippen MR) is 61.8 cm³/mol. The number of rotatable bonds is 1. The molecule has 0 spiro atoms. The number of pyridine rings is 1. The number of carboxylic acid groups (broad SMARTS) is 1. The largest absolute Gasteiger partial charge is 0.476 e. The van der Waals surface area contributed by atoms with Gasteiger partial charge in [-0.3, -0.25) is 4.40 Å². The summed E-state index contributed by atoms with van der Waals surface area (Å²) in [5.74, 6) is -1.03. The smallest absolute Gasteiger partial charge is 0.357 e. The number of hydrogen-bond donors (Lipinski definition) is 1. The highest BCUT2D eigenvalue weighted by molar-refractivity contribution is 9.10. The number of aromatic nitrogens is 2. The van der Waals surface area contributed by atoms with Crippen LogP contribution in [0.15, 0.2) is 22.8 Å². The number of fused-ring (bicyclic) bond motifs is 1. The van der Waals surface area contributed by atoms with E-state index in [0.717, 1.165) is 5.69 Å². The molecule has 0 atom stereocenters. The van der Waals surface area contributed by atoms with E-state index in [1.165, 1.54) is 0 Å². The van der Waals surface area contributed by atoms with Crippen LogP contribution in [0.2, 0.25) is 0 Å². The molecule has 0 aliphatic heterocycles. The first kappa shape index (κ1) is 12.0. The molecule has 2 heterocycles. The lowest BCUT2D eigenvalue weighted by molar-refractivity contribution is 0.0690. The monoisotopic (exact) mass is 290 g/mol. The van der Waals surface area contributed by atoms with Crippen molar-refractivity contribution in [1.82, 2.24) is 9.38 Å². The van der Waals surface area contributed by atoms with E-state index >= 15 is 0 Å². The van der Waals surface area contributed by atoms with E-state index in [4.69, 9.17) is 5.11 Å². The molecule has 0 aromatic carbocycles. The van der Waals surface area contributed by atoms with Crippen LogP contribution in [-0.4, -0.2) is 20.5 Å². The molecular weight excluding hydrogens is 283 g/mol. The number of hydrogen-bond acceptors (Lipinski definition) is 2. The van der Waals surface area contributed by atoms with Gasteiger partial charge in [0.05, 0.1) is 0 Å². The third-order valence-electron chi connectivity index (χ3n) is 1.99. The molecule has 2 aromatic heterocycles. The number of aryl methyl sites for hydroxylation is 1. The molecule has 0 aliphatic carbocycles. The summed E-state index contributed by atoms with van der Waals surface area (Å²) in [6.45, 7) is 1.89. The van der Waals surface area contributed by atoms with Gasteiger partial charge >= 0.3 is 5.97 Å². The predicted octanol–water partition coefficient (Wildman–Crippen LogP) is 2.53. The zero-order chi connectivity index (χ0) is 10.3. The normalized spacial score (nSPS) is 10.0. The Kier molecular flexibility index (Phi) is 3.36. The van der Waals surface area contributed by atoms with E-state index < -0.39 is 5.97 Å². The van der Waals surface area contributed by atoms with Crippen molar-refractivity contribution < 1.29 is 9.90 Å². The molecule has 2 rings (SSSR count). The average Bonchev–Trinajstić information content (AvgIpc) is 2.45. The van der Waals surface area contributed by atoms with Crippen molar-refractivity contribution in [2.75, 3.05) is 0 Å². The molecule has 0 saturated carbocycles. The Balaban J connectivity index is 0.00000112. The zero-order valence-corrected chi connectivity index (χ0v) is 10.2. The summed E-state index contributed by atoms with van der Waals surface area (Å²) >= 11 is 3.22. The number of nitrogens with zero attached hydrogens (tertiary/aromatic N) is 2. The van der Waals surface area contributed by atoms with E-state index in [9.17, 15) is 4.79 Å². The number of halogens is 2. The molecule has 6 heteroatoms. The number of imidazole rings is 1. The standard InChI is InChI=1S/C9H7BrN2O2.ClH/c1-5-3-2-4-6-11-7(9(13)14)8(10)12(5)6;/h2-4H,1H3,(H,13,14);1H. The van der Waals surface area contributed by atoms with Gasteiger partial charge in [-0.2, -0.15) is 0 Å². The maximum absolute atomic E-state index is 10.8. The molecular formula is C9H8BrClN2O2. The van der Waals surface area contributed by atoms with E-state index in [-0.39, 0.29) is 18.1 Å². The summed E-state index contributed by atoms with van der Waals surface area (Å²) in [7, 11) is 0. The van der Waals surface area contributed by atoms with Crippen molar-refractivity contribution in [3.8, 4) is 0 Å². The fourth-order valence-electron chi connectivity index (χ4n) is 1.35. The SMILES string of the molecule is Cc1cccc2nc(C(=O)O)c(Br)n12.Cl. The summed E-state index contributed by atoms with van der Waals surface area (Å²) in [5.41, 5.74) is 1.61. The highest BCUT2D eigenvalue weighted by Gasteiger charge is 2.16. The van der Waals surface area contributed by atoms with Crippen molar-refractivity contribution in [1.29, 1.82) is 0 Å². The molecule has 0 aliphatic rings. The van der Waals surface area contributed by atoms with Gasteiger partial charge < -0.3 is 5.11 Å². The van der Waals surface area contributed by atoms with Crippen molar-refractivity contribution in [3.05, 3.63) is 34.2 Å². The van der Waals surface area contributed by atoms with E-state index in [1.54, 1.807) is 10.5 Å². The Morgan fingerprint density at radius 2 is 2.20 bits per heavy atom. The lowest BCUT2D eigenvalue weighted by Crippen LogP contribution is -1.97. The summed E-state index contributed by atoms with van der Waals surface area (Å²) in [6, 6.07) is 5.50. The highest BCUT2D eigenvalue weighted by atomic mass is 79.9. The molecule has 0 bridgehead atoms. The molecule has 0 amide bonds. The van der Waals surface area contributed by atoms with Crippen molar-refractivity contribution in [2.24, 2.45) is 0 Å². The second-order valence-corrected chi connectivity index (χ2v) is 3.67. The minimum absolute atomic E-state index is 0.